The number of carbonyl (C=O) groups is 2. The van der Waals surface area contributed by atoms with Crippen LogP contribution < -0.4 is 5.32 Å². The summed E-state index contributed by atoms with van der Waals surface area (Å²) >= 11 is 1.08. The molecule has 3 rings (SSSR count). The maximum absolute atomic E-state index is 11.7. The predicted molar refractivity (Wildman–Crippen MR) is 103 cm³/mol. The highest BCUT2D eigenvalue weighted by Gasteiger charge is 2.32. The van der Waals surface area contributed by atoms with E-state index in [1.54, 1.807) is 6.21 Å². The fraction of sp³-hybridized carbons (Fsp3) is 0.158. The van der Waals surface area contributed by atoms with Crippen LogP contribution in [0.5, 0.6) is 0 Å². The number of nitrogens with one attached hydrogen (secondary N) is 1. The molecule has 1 aliphatic rings. The van der Waals surface area contributed by atoms with Gasteiger partial charge in [0.05, 0.1) is 12.6 Å². The van der Waals surface area contributed by atoms with Crippen LogP contribution in [0.4, 0.5) is 0 Å². The minimum Gasteiger partial charge on any atom is -0.481 e. The van der Waals surface area contributed by atoms with Gasteiger partial charge in [0.15, 0.2) is 5.17 Å². The van der Waals surface area contributed by atoms with E-state index >= 15 is 0 Å². The first kappa shape index (κ1) is 17.9. The summed E-state index contributed by atoms with van der Waals surface area (Å²) in [5.74, 6) is -1.37. The molecule has 0 bridgehead atoms. The minimum absolute atomic E-state index is 0.241. The number of nitrogens with zero attached hydrogens (tertiary/aromatic N) is 2. The molecular formula is C19H17N3O3S. The van der Waals surface area contributed by atoms with Gasteiger partial charge >= 0.3 is 5.97 Å². The molecule has 26 heavy (non-hydrogen) atoms. The number of carbonyl (C=O) groups excluding carboxylic acids is 1. The first-order valence-electron chi connectivity index (χ1n) is 8.00. The average molecular weight is 367 g/mol. The molecule has 0 spiro atoms. The Hall–Kier alpha value is -2.93. The zero-order valence-electron chi connectivity index (χ0n) is 14.0. The van der Waals surface area contributed by atoms with E-state index in [0.29, 0.717) is 5.17 Å². The van der Waals surface area contributed by atoms with Gasteiger partial charge in [-0.25, -0.2) is 0 Å². The normalized spacial score (nSPS) is 18.4. The van der Waals surface area contributed by atoms with Crippen LogP contribution in [-0.2, 0) is 9.59 Å². The summed E-state index contributed by atoms with van der Waals surface area (Å²) in [5, 5.41) is 19.1. The molecule has 0 saturated carbocycles. The van der Waals surface area contributed by atoms with Gasteiger partial charge in [-0.15, -0.1) is 5.10 Å². The van der Waals surface area contributed by atoms with Crippen LogP contribution in [0.2, 0.25) is 0 Å². The summed E-state index contributed by atoms with van der Waals surface area (Å²) in [5.41, 5.74) is 4.23. The summed E-state index contributed by atoms with van der Waals surface area (Å²) in [6.45, 7) is 2.05. The van der Waals surface area contributed by atoms with Gasteiger partial charge in [0.2, 0.25) is 5.91 Å². The Kier molecular flexibility index (Phi) is 5.48. The molecule has 2 aromatic carbocycles. The number of benzene rings is 2. The number of hydrogen-bond acceptors (Lipinski definition) is 5. The zero-order valence-corrected chi connectivity index (χ0v) is 14.9. The van der Waals surface area contributed by atoms with E-state index in [9.17, 15) is 9.59 Å². The molecule has 1 saturated heterocycles. The molecule has 1 heterocycles. The number of aliphatic carboxylic acids is 1. The van der Waals surface area contributed by atoms with Crippen molar-refractivity contribution in [1.29, 1.82) is 0 Å². The molecule has 0 aromatic heterocycles. The van der Waals surface area contributed by atoms with Crippen molar-refractivity contribution in [3.05, 3.63) is 59.7 Å². The second-order valence-corrected chi connectivity index (χ2v) is 6.94. The fourth-order valence-corrected chi connectivity index (χ4v) is 3.53. The van der Waals surface area contributed by atoms with E-state index in [1.807, 2.05) is 36.4 Å². The van der Waals surface area contributed by atoms with E-state index in [-0.39, 0.29) is 12.3 Å². The van der Waals surface area contributed by atoms with Crippen molar-refractivity contribution in [2.75, 3.05) is 0 Å². The maximum atomic E-state index is 11.7. The monoisotopic (exact) mass is 367 g/mol. The van der Waals surface area contributed by atoms with E-state index in [2.05, 4.69) is 34.6 Å². The Balaban J connectivity index is 1.79. The van der Waals surface area contributed by atoms with Crippen LogP contribution in [0.1, 0.15) is 17.5 Å². The van der Waals surface area contributed by atoms with Gasteiger partial charge < -0.3 is 10.4 Å². The fourth-order valence-electron chi connectivity index (χ4n) is 2.62. The number of hydrogen-bond donors (Lipinski definition) is 2. The highest BCUT2D eigenvalue weighted by atomic mass is 32.2. The highest BCUT2D eigenvalue weighted by molar-refractivity contribution is 8.15. The van der Waals surface area contributed by atoms with Gasteiger partial charge in [-0.1, -0.05) is 60.3 Å². The number of rotatable bonds is 5. The highest BCUT2D eigenvalue weighted by Crippen LogP contribution is 2.26. The molecule has 1 fully saturated rings. The van der Waals surface area contributed by atoms with E-state index in [0.717, 1.165) is 34.0 Å². The van der Waals surface area contributed by atoms with Gasteiger partial charge in [0.25, 0.3) is 0 Å². The lowest BCUT2D eigenvalue weighted by atomic mass is 9.97. The van der Waals surface area contributed by atoms with Crippen LogP contribution in [0.15, 0.2) is 58.7 Å². The summed E-state index contributed by atoms with van der Waals surface area (Å²) in [4.78, 5) is 22.4. The molecule has 1 unspecified atom stereocenters. The standard InChI is InChI=1S/C19H17N3O3S/c1-12-6-2-4-8-14(12)15-9-5-3-7-13(15)11-20-22-19-21-18(25)16(26-19)10-17(23)24/h2-9,11,16H,10H2,1H3,(H,23,24)(H,21,22,25). The second-order valence-electron chi connectivity index (χ2n) is 5.75. The lowest BCUT2D eigenvalue weighted by molar-refractivity contribution is -0.138. The quantitative estimate of drug-likeness (QED) is 0.628. The predicted octanol–water partition coefficient (Wildman–Crippen LogP) is 3.06. The first-order chi connectivity index (χ1) is 12.5. The topological polar surface area (TPSA) is 91.1 Å². The van der Waals surface area contributed by atoms with Crippen molar-refractivity contribution in [3.63, 3.8) is 0 Å². The van der Waals surface area contributed by atoms with Crippen molar-refractivity contribution < 1.29 is 14.7 Å². The summed E-state index contributed by atoms with van der Waals surface area (Å²) in [7, 11) is 0. The molecule has 132 valence electrons. The third kappa shape index (κ3) is 4.18. The van der Waals surface area contributed by atoms with Crippen molar-refractivity contribution in [1.82, 2.24) is 5.32 Å². The Labute approximate surface area is 155 Å². The van der Waals surface area contributed by atoms with E-state index in [1.165, 1.54) is 0 Å². The number of thioether (sulfide) groups is 1. The molecule has 6 nitrogen and oxygen atoms in total. The summed E-state index contributed by atoms with van der Waals surface area (Å²) in [6.07, 6.45) is 1.39. The molecule has 1 amide bonds. The van der Waals surface area contributed by atoms with Crippen LogP contribution in [0.3, 0.4) is 0 Å². The molecule has 0 aliphatic carbocycles. The van der Waals surface area contributed by atoms with Crippen LogP contribution >= 0.6 is 11.8 Å². The number of carboxylic acids is 1. The molecule has 1 atom stereocenters. The SMILES string of the molecule is Cc1ccccc1-c1ccccc1C=NN=C1NC(=O)C(CC(=O)O)S1. The van der Waals surface area contributed by atoms with E-state index in [4.69, 9.17) is 5.11 Å². The molecule has 0 radical (unpaired) electrons. The number of carboxylic acid groups (broad SMARTS) is 1. The third-order valence-corrected chi connectivity index (χ3v) is 4.95. The maximum Gasteiger partial charge on any atom is 0.305 e. The smallest absolute Gasteiger partial charge is 0.305 e. The molecule has 2 aromatic rings. The lowest BCUT2D eigenvalue weighted by Crippen LogP contribution is -2.26. The third-order valence-electron chi connectivity index (χ3n) is 3.88. The van der Waals surface area contributed by atoms with Gasteiger partial charge in [-0.2, -0.15) is 5.10 Å². The summed E-state index contributed by atoms with van der Waals surface area (Å²) in [6, 6.07) is 15.9. The number of amidine groups is 1. The molecule has 2 N–H and O–H groups in total. The minimum atomic E-state index is -1.02. The van der Waals surface area contributed by atoms with Crippen LogP contribution in [0, 0.1) is 6.92 Å². The van der Waals surface area contributed by atoms with Crippen LogP contribution in [0.25, 0.3) is 11.1 Å². The van der Waals surface area contributed by atoms with Crippen LogP contribution in [-0.4, -0.2) is 33.6 Å². The van der Waals surface area contributed by atoms with Gasteiger partial charge in [-0.05, 0) is 23.6 Å². The van der Waals surface area contributed by atoms with Gasteiger partial charge in [0.1, 0.15) is 5.25 Å². The Morgan fingerprint density at radius 1 is 1.19 bits per heavy atom. The average Bonchev–Trinajstić information content (AvgIpc) is 2.95. The molecule has 7 heteroatoms. The Morgan fingerprint density at radius 2 is 1.88 bits per heavy atom. The number of amides is 1. The number of aryl methyl sites for hydroxylation is 1. The Morgan fingerprint density at radius 3 is 2.62 bits per heavy atom. The second kappa shape index (κ2) is 7.97. The Bertz CT molecular complexity index is 908. The van der Waals surface area contributed by atoms with E-state index < -0.39 is 11.2 Å². The zero-order chi connectivity index (χ0) is 18.5. The summed E-state index contributed by atoms with van der Waals surface area (Å²) < 4.78 is 0. The van der Waals surface area contributed by atoms with Crippen molar-refractivity contribution in [3.8, 4) is 11.1 Å². The van der Waals surface area contributed by atoms with Gasteiger partial charge in [0, 0.05) is 5.56 Å². The van der Waals surface area contributed by atoms with Gasteiger partial charge in [-0.3, -0.25) is 9.59 Å². The first-order valence-corrected chi connectivity index (χ1v) is 8.88. The van der Waals surface area contributed by atoms with Crippen molar-refractivity contribution in [2.45, 2.75) is 18.6 Å². The molecular weight excluding hydrogens is 350 g/mol. The van der Waals surface area contributed by atoms with Crippen molar-refractivity contribution >= 4 is 35.0 Å². The molecule has 1 aliphatic heterocycles. The van der Waals surface area contributed by atoms with Crippen molar-refractivity contribution in [2.24, 2.45) is 10.2 Å². The largest absolute Gasteiger partial charge is 0.481 e. The lowest BCUT2D eigenvalue weighted by Gasteiger charge is -2.08.